The lowest BCUT2D eigenvalue weighted by molar-refractivity contribution is 0.0680. The number of aromatic hydroxyl groups is 2. The first-order chi connectivity index (χ1) is 10.7. The van der Waals surface area contributed by atoms with E-state index in [0.717, 1.165) is 37.2 Å². The maximum absolute atomic E-state index is 9.29. The van der Waals surface area contributed by atoms with Crippen LogP contribution in [-0.4, -0.2) is 22.4 Å². The first kappa shape index (κ1) is 14.6. The van der Waals surface area contributed by atoms with Gasteiger partial charge in [0.25, 0.3) is 0 Å². The van der Waals surface area contributed by atoms with E-state index in [-0.39, 0.29) is 23.7 Å². The minimum Gasteiger partial charge on any atom is -0.508 e. The van der Waals surface area contributed by atoms with E-state index in [2.05, 4.69) is 0 Å². The van der Waals surface area contributed by atoms with Gasteiger partial charge in [-0.1, -0.05) is 0 Å². The molecule has 2 atom stereocenters. The van der Waals surface area contributed by atoms with Crippen molar-refractivity contribution in [2.45, 2.75) is 37.9 Å². The van der Waals surface area contributed by atoms with Gasteiger partial charge in [-0.25, -0.2) is 0 Å². The van der Waals surface area contributed by atoms with Gasteiger partial charge in [0.2, 0.25) is 0 Å². The summed E-state index contributed by atoms with van der Waals surface area (Å²) in [7, 11) is 0. The van der Waals surface area contributed by atoms with Crippen molar-refractivity contribution in [2.75, 3.05) is 0 Å². The molecule has 4 heteroatoms. The molecule has 0 radical (unpaired) electrons. The zero-order valence-corrected chi connectivity index (χ0v) is 12.3. The Bertz CT molecular complexity index is 538. The molecule has 116 valence electrons. The molecule has 0 aromatic heterocycles. The lowest BCUT2D eigenvalue weighted by Crippen LogP contribution is -2.31. The van der Waals surface area contributed by atoms with Crippen LogP contribution in [0, 0.1) is 0 Å². The molecular weight excluding hydrogens is 280 g/mol. The lowest BCUT2D eigenvalue weighted by Gasteiger charge is -2.30. The van der Waals surface area contributed by atoms with Gasteiger partial charge in [-0.05, 0) is 67.8 Å². The Kier molecular flexibility index (Phi) is 4.37. The zero-order valence-electron chi connectivity index (χ0n) is 12.3. The molecule has 4 nitrogen and oxygen atoms in total. The molecule has 2 aromatic rings. The zero-order chi connectivity index (χ0) is 15.4. The largest absolute Gasteiger partial charge is 0.508 e. The van der Waals surface area contributed by atoms with Crippen LogP contribution in [0.1, 0.15) is 25.7 Å². The Balaban J connectivity index is 1.56. The molecule has 1 fully saturated rings. The standard InChI is InChI=1S/C18H20O4/c19-13-4-8-15(9-5-13)21-17-2-1-3-18(12-17)22-16-10-6-14(20)7-11-16/h4-11,17-20H,1-3,12H2. The minimum atomic E-state index is 0.125. The van der Waals surface area contributed by atoms with E-state index in [4.69, 9.17) is 9.47 Å². The van der Waals surface area contributed by atoms with Crippen molar-refractivity contribution >= 4 is 0 Å². The van der Waals surface area contributed by atoms with E-state index in [1.165, 1.54) is 0 Å². The van der Waals surface area contributed by atoms with Gasteiger partial charge in [-0.15, -0.1) is 0 Å². The Morgan fingerprint density at radius 1 is 0.682 bits per heavy atom. The third kappa shape index (κ3) is 3.85. The molecule has 0 amide bonds. The molecule has 0 saturated heterocycles. The van der Waals surface area contributed by atoms with Gasteiger partial charge in [0.1, 0.15) is 35.2 Å². The highest BCUT2D eigenvalue weighted by Gasteiger charge is 2.24. The summed E-state index contributed by atoms with van der Waals surface area (Å²) in [5.41, 5.74) is 0. The van der Waals surface area contributed by atoms with E-state index in [1.54, 1.807) is 48.5 Å². The first-order valence-corrected chi connectivity index (χ1v) is 7.60. The number of ether oxygens (including phenoxy) is 2. The highest BCUT2D eigenvalue weighted by atomic mass is 16.5. The molecule has 22 heavy (non-hydrogen) atoms. The molecule has 3 rings (SSSR count). The molecule has 0 bridgehead atoms. The van der Waals surface area contributed by atoms with Crippen LogP contribution >= 0.6 is 0 Å². The second-order valence-electron chi connectivity index (χ2n) is 5.63. The third-order valence-electron chi connectivity index (χ3n) is 3.86. The molecule has 0 heterocycles. The highest BCUT2D eigenvalue weighted by Crippen LogP contribution is 2.28. The number of rotatable bonds is 4. The summed E-state index contributed by atoms with van der Waals surface area (Å²) < 4.78 is 11.9. The van der Waals surface area contributed by atoms with Crippen molar-refractivity contribution in [3.8, 4) is 23.0 Å². The van der Waals surface area contributed by atoms with Crippen LogP contribution in [-0.2, 0) is 0 Å². The van der Waals surface area contributed by atoms with E-state index in [0.29, 0.717) is 0 Å². The van der Waals surface area contributed by atoms with Crippen LogP contribution in [0.2, 0.25) is 0 Å². The van der Waals surface area contributed by atoms with E-state index in [1.807, 2.05) is 0 Å². The summed E-state index contributed by atoms with van der Waals surface area (Å²) in [6.45, 7) is 0. The molecular formula is C18H20O4. The molecule has 1 saturated carbocycles. The number of hydrogen-bond donors (Lipinski definition) is 2. The van der Waals surface area contributed by atoms with Crippen LogP contribution in [0.5, 0.6) is 23.0 Å². The molecule has 0 aliphatic heterocycles. The number of phenolic OH excluding ortho intramolecular Hbond substituents is 2. The van der Waals surface area contributed by atoms with E-state index in [9.17, 15) is 10.2 Å². The minimum absolute atomic E-state index is 0.125. The van der Waals surface area contributed by atoms with Crippen molar-refractivity contribution < 1.29 is 19.7 Å². The van der Waals surface area contributed by atoms with Crippen molar-refractivity contribution in [1.29, 1.82) is 0 Å². The van der Waals surface area contributed by atoms with E-state index >= 15 is 0 Å². The number of benzene rings is 2. The molecule has 1 aliphatic carbocycles. The Labute approximate surface area is 129 Å². The van der Waals surface area contributed by atoms with Gasteiger partial charge >= 0.3 is 0 Å². The summed E-state index contributed by atoms with van der Waals surface area (Å²) in [6.07, 6.45) is 4.17. The molecule has 0 spiro atoms. The van der Waals surface area contributed by atoms with Crippen LogP contribution < -0.4 is 9.47 Å². The fraction of sp³-hybridized carbons (Fsp3) is 0.333. The maximum atomic E-state index is 9.29. The van der Waals surface area contributed by atoms with Gasteiger partial charge in [-0.2, -0.15) is 0 Å². The van der Waals surface area contributed by atoms with Gasteiger partial charge in [0, 0.05) is 6.42 Å². The third-order valence-corrected chi connectivity index (χ3v) is 3.86. The highest BCUT2D eigenvalue weighted by molar-refractivity contribution is 5.31. The summed E-state index contributed by atoms with van der Waals surface area (Å²) in [5.74, 6) is 2.02. The Morgan fingerprint density at radius 2 is 1.09 bits per heavy atom. The van der Waals surface area contributed by atoms with Crippen LogP contribution in [0.25, 0.3) is 0 Å². The molecule has 2 N–H and O–H groups in total. The fourth-order valence-electron chi connectivity index (χ4n) is 2.75. The summed E-state index contributed by atoms with van der Waals surface area (Å²) in [5, 5.41) is 18.6. The average molecular weight is 300 g/mol. The van der Waals surface area contributed by atoms with Crippen molar-refractivity contribution in [3.05, 3.63) is 48.5 Å². The van der Waals surface area contributed by atoms with Gasteiger partial charge in [-0.3, -0.25) is 0 Å². The van der Waals surface area contributed by atoms with Crippen LogP contribution in [0.3, 0.4) is 0 Å². The Morgan fingerprint density at radius 3 is 1.50 bits per heavy atom. The average Bonchev–Trinajstić information content (AvgIpc) is 2.52. The molecule has 2 unspecified atom stereocenters. The van der Waals surface area contributed by atoms with Gasteiger partial charge in [0.05, 0.1) is 0 Å². The molecule has 1 aliphatic rings. The predicted molar refractivity (Wildman–Crippen MR) is 83.5 cm³/mol. The Hall–Kier alpha value is -2.36. The quantitative estimate of drug-likeness (QED) is 0.900. The summed E-state index contributed by atoms with van der Waals surface area (Å²) in [4.78, 5) is 0. The number of phenols is 2. The molecule has 2 aromatic carbocycles. The van der Waals surface area contributed by atoms with E-state index < -0.39 is 0 Å². The van der Waals surface area contributed by atoms with Crippen LogP contribution in [0.4, 0.5) is 0 Å². The summed E-state index contributed by atoms with van der Waals surface area (Å²) in [6, 6.07) is 13.6. The van der Waals surface area contributed by atoms with Gasteiger partial charge in [0.15, 0.2) is 0 Å². The lowest BCUT2D eigenvalue weighted by atomic mass is 9.94. The van der Waals surface area contributed by atoms with Crippen LogP contribution in [0.15, 0.2) is 48.5 Å². The predicted octanol–water partition coefficient (Wildman–Crippen LogP) is 3.87. The first-order valence-electron chi connectivity index (χ1n) is 7.60. The van der Waals surface area contributed by atoms with Gasteiger partial charge < -0.3 is 19.7 Å². The summed E-state index contributed by atoms with van der Waals surface area (Å²) >= 11 is 0. The SMILES string of the molecule is Oc1ccc(OC2CCCC(Oc3ccc(O)cc3)C2)cc1. The van der Waals surface area contributed by atoms with Crippen molar-refractivity contribution in [3.63, 3.8) is 0 Å². The smallest absolute Gasteiger partial charge is 0.119 e. The monoisotopic (exact) mass is 300 g/mol. The number of hydrogen-bond acceptors (Lipinski definition) is 4. The topological polar surface area (TPSA) is 58.9 Å². The second kappa shape index (κ2) is 6.60. The van der Waals surface area contributed by atoms with Crippen molar-refractivity contribution in [2.24, 2.45) is 0 Å². The fourth-order valence-corrected chi connectivity index (χ4v) is 2.75. The normalized spacial score (nSPS) is 21.3. The maximum Gasteiger partial charge on any atom is 0.119 e. The second-order valence-corrected chi connectivity index (χ2v) is 5.63. The van der Waals surface area contributed by atoms with Crippen molar-refractivity contribution in [1.82, 2.24) is 0 Å².